The molecule has 0 spiro atoms. The first kappa shape index (κ1) is 17.5. The van der Waals surface area contributed by atoms with Crippen molar-refractivity contribution in [1.82, 2.24) is 10.6 Å². The van der Waals surface area contributed by atoms with Crippen molar-refractivity contribution in [2.45, 2.75) is 39.5 Å². The van der Waals surface area contributed by atoms with Gasteiger partial charge in [0.05, 0.1) is 0 Å². The van der Waals surface area contributed by atoms with E-state index in [1.807, 2.05) is 12.1 Å². The number of ether oxygens (including phenoxy) is 1. The Morgan fingerprint density at radius 3 is 2.57 bits per heavy atom. The van der Waals surface area contributed by atoms with Gasteiger partial charge < -0.3 is 15.4 Å². The molecule has 0 aliphatic rings. The number of urea groups is 1. The predicted octanol–water partition coefficient (Wildman–Crippen LogP) is 3.04. The Kier molecular flexibility index (Phi) is 9.29. The quantitative estimate of drug-likeness (QED) is 0.651. The van der Waals surface area contributed by atoms with Gasteiger partial charge in [0.2, 0.25) is 0 Å². The van der Waals surface area contributed by atoms with Crippen LogP contribution in [0.4, 0.5) is 4.79 Å². The lowest BCUT2D eigenvalue weighted by Crippen LogP contribution is -2.37. The van der Waals surface area contributed by atoms with Crippen LogP contribution in [0.5, 0.6) is 0 Å². The first-order valence-electron chi connectivity index (χ1n) is 7.88. The molecule has 1 rings (SSSR count). The summed E-state index contributed by atoms with van der Waals surface area (Å²) in [6.07, 6.45) is 3.98. The summed E-state index contributed by atoms with van der Waals surface area (Å²) in [7, 11) is 0. The molecule has 4 nitrogen and oxygen atoms in total. The van der Waals surface area contributed by atoms with Crippen LogP contribution in [0.2, 0.25) is 0 Å². The van der Waals surface area contributed by atoms with Gasteiger partial charge in [-0.05, 0) is 37.3 Å². The highest BCUT2D eigenvalue weighted by Gasteiger charge is 2.00. The molecule has 4 heteroatoms. The topological polar surface area (TPSA) is 50.4 Å². The SMILES string of the molecule is CCCCOCCCNC(=O)NCCc1ccccc1C. The maximum atomic E-state index is 11.6. The first-order valence-corrected chi connectivity index (χ1v) is 7.88. The second-order valence-electron chi connectivity index (χ2n) is 5.18. The van der Waals surface area contributed by atoms with Crippen molar-refractivity contribution in [3.8, 4) is 0 Å². The Labute approximate surface area is 128 Å². The van der Waals surface area contributed by atoms with Gasteiger partial charge in [0.1, 0.15) is 0 Å². The molecule has 0 fully saturated rings. The van der Waals surface area contributed by atoms with Crippen molar-refractivity contribution in [2.24, 2.45) is 0 Å². The van der Waals surface area contributed by atoms with Crippen molar-refractivity contribution in [3.05, 3.63) is 35.4 Å². The molecule has 0 aliphatic heterocycles. The zero-order valence-electron chi connectivity index (χ0n) is 13.3. The Morgan fingerprint density at radius 1 is 1.10 bits per heavy atom. The van der Waals surface area contributed by atoms with Gasteiger partial charge in [-0.1, -0.05) is 37.6 Å². The molecule has 0 radical (unpaired) electrons. The highest BCUT2D eigenvalue weighted by Crippen LogP contribution is 2.06. The van der Waals surface area contributed by atoms with Crippen molar-refractivity contribution in [1.29, 1.82) is 0 Å². The molecule has 0 aromatic heterocycles. The van der Waals surface area contributed by atoms with Gasteiger partial charge in [0.25, 0.3) is 0 Å². The maximum Gasteiger partial charge on any atom is 0.314 e. The number of unbranched alkanes of at least 4 members (excludes halogenated alkanes) is 1. The fourth-order valence-corrected chi connectivity index (χ4v) is 1.99. The molecule has 2 N–H and O–H groups in total. The molecule has 0 heterocycles. The van der Waals surface area contributed by atoms with Gasteiger partial charge in [-0.15, -0.1) is 0 Å². The molecule has 21 heavy (non-hydrogen) atoms. The molecule has 118 valence electrons. The number of aryl methyl sites for hydroxylation is 1. The smallest absolute Gasteiger partial charge is 0.314 e. The van der Waals surface area contributed by atoms with E-state index >= 15 is 0 Å². The van der Waals surface area contributed by atoms with Crippen LogP contribution in [0, 0.1) is 6.92 Å². The molecular formula is C17H28N2O2. The van der Waals surface area contributed by atoms with E-state index < -0.39 is 0 Å². The van der Waals surface area contributed by atoms with Crippen LogP contribution in [0.3, 0.4) is 0 Å². The van der Waals surface area contributed by atoms with E-state index in [9.17, 15) is 4.79 Å². The average molecular weight is 292 g/mol. The van der Waals surface area contributed by atoms with E-state index in [-0.39, 0.29) is 6.03 Å². The number of amides is 2. The van der Waals surface area contributed by atoms with Crippen LogP contribution >= 0.6 is 0 Å². The summed E-state index contributed by atoms with van der Waals surface area (Å²) in [5.74, 6) is 0. The monoisotopic (exact) mass is 292 g/mol. The van der Waals surface area contributed by atoms with Gasteiger partial charge in [-0.2, -0.15) is 0 Å². The maximum absolute atomic E-state index is 11.6. The van der Waals surface area contributed by atoms with Gasteiger partial charge in [-0.3, -0.25) is 0 Å². The Morgan fingerprint density at radius 2 is 1.81 bits per heavy atom. The van der Waals surface area contributed by atoms with E-state index in [1.54, 1.807) is 0 Å². The predicted molar refractivity (Wildman–Crippen MR) is 86.6 cm³/mol. The molecule has 0 atom stereocenters. The van der Waals surface area contributed by atoms with Crippen molar-refractivity contribution in [3.63, 3.8) is 0 Å². The number of carbonyl (C=O) groups excluding carboxylic acids is 1. The summed E-state index contributed by atoms with van der Waals surface area (Å²) in [4.78, 5) is 11.6. The van der Waals surface area contributed by atoms with E-state index in [4.69, 9.17) is 4.74 Å². The second-order valence-corrected chi connectivity index (χ2v) is 5.18. The second kappa shape index (κ2) is 11.1. The van der Waals surface area contributed by atoms with Crippen molar-refractivity contribution >= 4 is 6.03 Å². The van der Waals surface area contributed by atoms with Crippen molar-refractivity contribution < 1.29 is 9.53 Å². The summed E-state index contributed by atoms with van der Waals surface area (Å²) < 4.78 is 5.44. The van der Waals surface area contributed by atoms with Crippen LogP contribution < -0.4 is 10.6 Å². The van der Waals surface area contributed by atoms with Gasteiger partial charge in [0.15, 0.2) is 0 Å². The largest absolute Gasteiger partial charge is 0.381 e. The molecule has 2 amide bonds. The Hall–Kier alpha value is -1.55. The third-order valence-corrected chi connectivity index (χ3v) is 3.33. The van der Waals surface area contributed by atoms with Gasteiger partial charge >= 0.3 is 6.03 Å². The lowest BCUT2D eigenvalue weighted by Gasteiger charge is -2.09. The Balaban J connectivity index is 2.00. The summed E-state index contributed by atoms with van der Waals surface area (Å²) in [6.45, 7) is 7.08. The normalized spacial score (nSPS) is 10.4. The lowest BCUT2D eigenvalue weighted by molar-refractivity contribution is 0.129. The standard InChI is InChI=1S/C17H28N2O2/c1-3-4-13-21-14-7-11-18-17(20)19-12-10-16-9-6-5-8-15(16)2/h5-6,8-9H,3-4,7,10-14H2,1-2H3,(H2,18,19,20). The summed E-state index contributed by atoms with van der Waals surface area (Å²) in [6, 6.07) is 8.15. The van der Waals surface area contributed by atoms with E-state index in [1.165, 1.54) is 11.1 Å². The lowest BCUT2D eigenvalue weighted by atomic mass is 10.1. The summed E-state index contributed by atoms with van der Waals surface area (Å²) in [5, 5.41) is 5.72. The van der Waals surface area contributed by atoms with Crippen LogP contribution in [0.1, 0.15) is 37.3 Å². The third kappa shape index (κ3) is 8.35. The van der Waals surface area contributed by atoms with E-state index in [2.05, 4.69) is 36.6 Å². The number of hydrogen-bond donors (Lipinski definition) is 2. The minimum absolute atomic E-state index is 0.0999. The van der Waals surface area contributed by atoms with Crippen molar-refractivity contribution in [2.75, 3.05) is 26.3 Å². The minimum atomic E-state index is -0.0999. The molecule has 0 aliphatic carbocycles. The first-order chi connectivity index (χ1) is 10.2. The van der Waals surface area contributed by atoms with Gasteiger partial charge in [-0.25, -0.2) is 4.79 Å². The highest BCUT2D eigenvalue weighted by molar-refractivity contribution is 5.73. The van der Waals surface area contributed by atoms with Crippen LogP contribution in [0.15, 0.2) is 24.3 Å². The molecule has 0 bridgehead atoms. The highest BCUT2D eigenvalue weighted by atomic mass is 16.5. The van der Waals surface area contributed by atoms with E-state index in [0.717, 1.165) is 32.3 Å². The van der Waals surface area contributed by atoms with E-state index in [0.29, 0.717) is 19.7 Å². The zero-order valence-corrected chi connectivity index (χ0v) is 13.3. The molecule has 1 aromatic rings. The van der Waals surface area contributed by atoms with Gasteiger partial charge in [0, 0.05) is 26.3 Å². The van der Waals surface area contributed by atoms with Crippen LogP contribution in [-0.4, -0.2) is 32.3 Å². The fraction of sp³-hybridized carbons (Fsp3) is 0.588. The summed E-state index contributed by atoms with van der Waals surface area (Å²) >= 11 is 0. The summed E-state index contributed by atoms with van der Waals surface area (Å²) in [5.41, 5.74) is 2.55. The zero-order chi connectivity index (χ0) is 15.3. The molecule has 0 saturated carbocycles. The number of benzene rings is 1. The average Bonchev–Trinajstić information content (AvgIpc) is 2.48. The fourth-order valence-electron chi connectivity index (χ4n) is 1.99. The molecule has 0 unspecified atom stereocenters. The van der Waals surface area contributed by atoms with Crippen LogP contribution in [-0.2, 0) is 11.2 Å². The Bertz CT molecular complexity index is 408. The molecule has 1 aromatic carbocycles. The molecular weight excluding hydrogens is 264 g/mol. The number of carbonyl (C=O) groups is 1. The molecule has 0 saturated heterocycles. The number of rotatable bonds is 10. The number of hydrogen-bond acceptors (Lipinski definition) is 2. The number of nitrogens with one attached hydrogen (secondary N) is 2. The minimum Gasteiger partial charge on any atom is -0.381 e. The third-order valence-electron chi connectivity index (χ3n) is 3.33. The van der Waals surface area contributed by atoms with Crippen LogP contribution in [0.25, 0.3) is 0 Å².